The molecule has 1 aliphatic carbocycles. The van der Waals surface area contributed by atoms with E-state index in [4.69, 9.17) is 17.2 Å². The van der Waals surface area contributed by atoms with E-state index in [0.717, 1.165) is 24.7 Å². The monoisotopic (exact) mass is 185 g/mol. The molecule has 0 spiro atoms. The molecule has 0 bridgehead atoms. The standard InChI is InChI=1S/C10H23N3/c1-7(2)8-3-5-9(6-4-8)10(11,12)13/h7-9H,3-6,11-13H2,1-2H3. The third-order valence-corrected chi connectivity index (χ3v) is 3.42. The van der Waals surface area contributed by atoms with Crippen molar-refractivity contribution in [2.24, 2.45) is 35.0 Å². The van der Waals surface area contributed by atoms with Gasteiger partial charge in [-0.3, -0.25) is 0 Å². The Morgan fingerprint density at radius 2 is 1.46 bits per heavy atom. The first-order chi connectivity index (χ1) is 5.91. The Morgan fingerprint density at radius 1 is 1.00 bits per heavy atom. The molecule has 3 heteroatoms. The van der Waals surface area contributed by atoms with Crippen molar-refractivity contribution in [3.05, 3.63) is 0 Å². The van der Waals surface area contributed by atoms with E-state index in [0.29, 0.717) is 5.92 Å². The Labute approximate surface area is 81.0 Å². The van der Waals surface area contributed by atoms with Gasteiger partial charge < -0.3 is 17.2 Å². The zero-order valence-electron chi connectivity index (χ0n) is 8.79. The van der Waals surface area contributed by atoms with Crippen LogP contribution in [0.25, 0.3) is 0 Å². The van der Waals surface area contributed by atoms with Crippen LogP contribution < -0.4 is 17.2 Å². The van der Waals surface area contributed by atoms with E-state index < -0.39 is 5.79 Å². The van der Waals surface area contributed by atoms with E-state index >= 15 is 0 Å². The molecule has 0 heterocycles. The molecule has 0 atom stereocenters. The maximum Gasteiger partial charge on any atom is 0.118 e. The van der Waals surface area contributed by atoms with E-state index in [-0.39, 0.29) is 0 Å². The number of hydrogen-bond acceptors (Lipinski definition) is 3. The first kappa shape index (κ1) is 11.0. The maximum absolute atomic E-state index is 5.69. The summed E-state index contributed by atoms with van der Waals surface area (Å²) in [5, 5.41) is 0. The first-order valence-electron chi connectivity index (χ1n) is 5.28. The fourth-order valence-corrected chi connectivity index (χ4v) is 2.29. The molecule has 1 aliphatic rings. The van der Waals surface area contributed by atoms with Gasteiger partial charge in [-0.25, -0.2) is 0 Å². The number of nitrogens with two attached hydrogens (primary N) is 3. The first-order valence-corrected chi connectivity index (χ1v) is 5.28. The Morgan fingerprint density at radius 3 is 1.77 bits per heavy atom. The lowest BCUT2D eigenvalue weighted by Crippen LogP contribution is -2.63. The lowest BCUT2D eigenvalue weighted by atomic mass is 9.75. The van der Waals surface area contributed by atoms with Gasteiger partial charge in [0.25, 0.3) is 0 Å². The lowest BCUT2D eigenvalue weighted by Gasteiger charge is -2.37. The van der Waals surface area contributed by atoms with E-state index in [9.17, 15) is 0 Å². The summed E-state index contributed by atoms with van der Waals surface area (Å²) in [4.78, 5) is 0. The molecule has 0 radical (unpaired) electrons. The summed E-state index contributed by atoms with van der Waals surface area (Å²) >= 11 is 0. The molecule has 0 aromatic carbocycles. The Kier molecular flexibility index (Phi) is 3.33. The fraction of sp³-hybridized carbons (Fsp3) is 1.00. The number of rotatable bonds is 2. The normalized spacial score (nSPS) is 30.9. The van der Waals surface area contributed by atoms with Crippen LogP contribution >= 0.6 is 0 Å². The Bertz CT molecular complexity index is 152. The fourth-order valence-electron chi connectivity index (χ4n) is 2.29. The van der Waals surface area contributed by atoms with Crippen LogP contribution in [0.1, 0.15) is 39.5 Å². The van der Waals surface area contributed by atoms with Crippen molar-refractivity contribution in [2.75, 3.05) is 0 Å². The highest BCUT2D eigenvalue weighted by Crippen LogP contribution is 2.34. The minimum absolute atomic E-state index is 0.308. The molecule has 78 valence electrons. The van der Waals surface area contributed by atoms with E-state index in [2.05, 4.69) is 13.8 Å². The van der Waals surface area contributed by atoms with Crippen LogP contribution in [0.15, 0.2) is 0 Å². The second-order valence-electron chi connectivity index (χ2n) is 4.86. The van der Waals surface area contributed by atoms with Crippen LogP contribution in [0.3, 0.4) is 0 Å². The zero-order valence-corrected chi connectivity index (χ0v) is 8.79. The second-order valence-corrected chi connectivity index (χ2v) is 4.86. The molecular weight excluding hydrogens is 162 g/mol. The van der Waals surface area contributed by atoms with E-state index in [1.807, 2.05) is 0 Å². The second kappa shape index (κ2) is 3.95. The van der Waals surface area contributed by atoms with Crippen molar-refractivity contribution in [2.45, 2.75) is 45.3 Å². The maximum atomic E-state index is 5.69. The molecule has 1 saturated carbocycles. The molecule has 0 aromatic heterocycles. The summed E-state index contributed by atoms with van der Waals surface area (Å²) in [6.45, 7) is 4.57. The molecule has 0 aliphatic heterocycles. The molecule has 1 fully saturated rings. The van der Waals surface area contributed by atoms with Crippen molar-refractivity contribution < 1.29 is 0 Å². The average molecular weight is 185 g/mol. The van der Waals surface area contributed by atoms with Gasteiger partial charge in [0, 0.05) is 5.92 Å². The van der Waals surface area contributed by atoms with Gasteiger partial charge in [0.1, 0.15) is 5.79 Å². The van der Waals surface area contributed by atoms with Crippen LogP contribution in [0.2, 0.25) is 0 Å². The minimum atomic E-state index is -0.956. The summed E-state index contributed by atoms with van der Waals surface area (Å²) in [6.07, 6.45) is 4.64. The molecule has 0 amide bonds. The highest BCUT2D eigenvalue weighted by molar-refractivity contribution is 4.84. The summed E-state index contributed by atoms with van der Waals surface area (Å²) in [5.41, 5.74) is 17.1. The predicted octanol–water partition coefficient (Wildman–Crippen LogP) is 0.979. The zero-order chi connectivity index (χ0) is 10.1. The summed E-state index contributed by atoms with van der Waals surface area (Å²) in [5.74, 6) is 0.979. The van der Waals surface area contributed by atoms with Gasteiger partial charge >= 0.3 is 0 Å². The third-order valence-electron chi connectivity index (χ3n) is 3.42. The van der Waals surface area contributed by atoms with Crippen molar-refractivity contribution in [3.8, 4) is 0 Å². The SMILES string of the molecule is CC(C)C1CCC(C(N)(N)N)CC1. The Hall–Kier alpha value is -0.120. The van der Waals surface area contributed by atoms with Gasteiger partial charge in [-0.2, -0.15) is 0 Å². The van der Waals surface area contributed by atoms with Crippen molar-refractivity contribution >= 4 is 0 Å². The summed E-state index contributed by atoms with van der Waals surface area (Å²) in [6, 6.07) is 0. The highest BCUT2D eigenvalue weighted by Gasteiger charge is 2.31. The van der Waals surface area contributed by atoms with Crippen molar-refractivity contribution in [3.63, 3.8) is 0 Å². The quantitative estimate of drug-likeness (QED) is 0.561. The van der Waals surface area contributed by atoms with E-state index in [1.165, 1.54) is 12.8 Å². The van der Waals surface area contributed by atoms with Crippen LogP contribution in [0, 0.1) is 17.8 Å². The van der Waals surface area contributed by atoms with Gasteiger partial charge in [-0.05, 0) is 37.5 Å². The topological polar surface area (TPSA) is 78.1 Å². The van der Waals surface area contributed by atoms with E-state index in [1.54, 1.807) is 0 Å². The molecule has 3 nitrogen and oxygen atoms in total. The van der Waals surface area contributed by atoms with Gasteiger partial charge in [0.05, 0.1) is 0 Å². The van der Waals surface area contributed by atoms with Gasteiger partial charge in [0.15, 0.2) is 0 Å². The van der Waals surface area contributed by atoms with Gasteiger partial charge in [-0.15, -0.1) is 0 Å². The third kappa shape index (κ3) is 2.93. The van der Waals surface area contributed by atoms with Crippen LogP contribution in [0.5, 0.6) is 0 Å². The predicted molar refractivity (Wildman–Crippen MR) is 55.6 cm³/mol. The van der Waals surface area contributed by atoms with Gasteiger partial charge in [0.2, 0.25) is 0 Å². The van der Waals surface area contributed by atoms with Crippen molar-refractivity contribution in [1.82, 2.24) is 0 Å². The van der Waals surface area contributed by atoms with Gasteiger partial charge in [-0.1, -0.05) is 13.8 Å². The molecule has 0 aromatic rings. The van der Waals surface area contributed by atoms with Crippen LogP contribution in [0.4, 0.5) is 0 Å². The van der Waals surface area contributed by atoms with Crippen molar-refractivity contribution in [1.29, 1.82) is 0 Å². The molecule has 6 N–H and O–H groups in total. The minimum Gasteiger partial charge on any atom is -0.301 e. The lowest BCUT2D eigenvalue weighted by molar-refractivity contribution is 0.157. The largest absolute Gasteiger partial charge is 0.301 e. The molecule has 1 rings (SSSR count). The molecule has 0 saturated heterocycles. The Balaban J connectivity index is 2.39. The smallest absolute Gasteiger partial charge is 0.118 e. The average Bonchev–Trinajstić information content (AvgIpc) is 2.03. The molecule has 13 heavy (non-hydrogen) atoms. The van der Waals surface area contributed by atoms with Crippen LogP contribution in [-0.2, 0) is 0 Å². The summed E-state index contributed by atoms with van der Waals surface area (Å²) < 4.78 is 0. The van der Waals surface area contributed by atoms with Crippen LogP contribution in [-0.4, -0.2) is 5.79 Å². The molecule has 0 unspecified atom stereocenters. The highest BCUT2D eigenvalue weighted by atomic mass is 15.1. The summed E-state index contributed by atoms with van der Waals surface area (Å²) in [7, 11) is 0. The molecular formula is C10H23N3. The number of hydrogen-bond donors (Lipinski definition) is 3.